The highest BCUT2D eigenvalue weighted by molar-refractivity contribution is 7.99. The van der Waals surface area contributed by atoms with Crippen molar-refractivity contribution < 1.29 is 0 Å². The lowest BCUT2D eigenvalue weighted by molar-refractivity contribution is 1.07. The zero-order valence-electron chi connectivity index (χ0n) is 3.14. The predicted molar refractivity (Wildman–Crippen MR) is 30.7 cm³/mol. The molecule has 0 aliphatic heterocycles. The van der Waals surface area contributed by atoms with E-state index in [4.69, 9.17) is 0 Å². The van der Waals surface area contributed by atoms with Gasteiger partial charge in [0.05, 0.1) is 4.58 Å². The van der Waals surface area contributed by atoms with Crippen molar-refractivity contribution in [1.29, 1.82) is 0 Å². The van der Waals surface area contributed by atoms with E-state index in [1.807, 2.05) is 6.92 Å². The van der Waals surface area contributed by atoms with Crippen molar-refractivity contribution in [1.82, 2.24) is 0 Å². The first-order valence-electron chi connectivity index (χ1n) is 1.61. The molecule has 0 aromatic heterocycles. The summed E-state index contributed by atoms with van der Waals surface area (Å²) >= 11 is 8.56. The van der Waals surface area contributed by atoms with Gasteiger partial charge in [-0.2, -0.15) is 12.6 Å². The van der Waals surface area contributed by atoms with Crippen LogP contribution >= 0.6 is 25.3 Å². The van der Waals surface area contributed by atoms with Crippen LogP contribution in [0.15, 0.2) is 0 Å². The van der Waals surface area contributed by atoms with Crippen LogP contribution in [0, 0.1) is 0 Å². The lowest BCUT2D eigenvalue weighted by Gasteiger charge is -1.87. The SMILES string of the molecule is CCC([S])S. The minimum Gasteiger partial charge on any atom is -0.164 e. The molecule has 0 fully saturated rings. The molecule has 0 amide bonds. The van der Waals surface area contributed by atoms with E-state index < -0.39 is 0 Å². The third-order valence-electron chi connectivity index (χ3n) is 0.349. The molecule has 0 N–H and O–H groups in total. The lowest BCUT2D eigenvalue weighted by Crippen LogP contribution is -1.76. The van der Waals surface area contributed by atoms with Gasteiger partial charge in [0.25, 0.3) is 0 Å². The van der Waals surface area contributed by atoms with Crippen LogP contribution in [-0.2, 0) is 0 Å². The van der Waals surface area contributed by atoms with E-state index in [0.717, 1.165) is 6.42 Å². The van der Waals surface area contributed by atoms with E-state index >= 15 is 0 Å². The van der Waals surface area contributed by atoms with E-state index in [-0.39, 0.29) is 4.58 Å². The Balaban J connectivity index is 2.54. The van der Waals surface area contributed by atoms with Crippen LogP contribution in [0.3, 0.4) is 0 Å². The Hall–Kier alpha value is 0.700. The van der Waals surface area contributed by atoms with Gasteiger partial charge in [0, 0.05) is 0 Å². The Morgan fingerprint density at radius 2 is 2.20 bits per heavy atom. The van der Waals surface area contributed by atoms with Crippen LogP contribution in [0.25, 0.3) is 0 Å². The van der Waals surface area contributed by atoms with Gasteiger partial charge in [0.1, 0.15) is 0 Å². The van der Waals surface area contributed by atoms with Crippen molar-refractivity contribution in [3.05, 3.63) is 0 Å². The highest BCUT2D eigenvalue weighted by Crippen LogP contribution is 2.01. The topological polar surface area (TPSA) is 0 Å². The molecule has 0 saturated heterocycles. The third-order valence-corrected chi connectivity index (χ3v) is 1.05. The molecule has 0 bridgehead atoms. The fraction of sp³-hybridized carbons (Fsp3) is 1.00. The highest BCUT2D eigenvalue weighted by atomic mass is 32.2. The molecule has 0 rings (SSSR count). The molecular formula is C3H7S2. The Kier molecular flexibility index (Phi) is 3.32. The Bertz CT molecular complexity index is 18.9. The maximum atomic E-state index is 4.64. The van der Waals surface area contributed by atoms with Crippen molar-refractivity contribution in [3.8, 4) is 0 Å². The van der Waals surface area contributed by atoms with Gasteiger partial charge in [-0.15, -0.1) is 0 Å². The van der Waals surface area contributed by atoms with E-state index in [0.29, 0.717) is 0 Å². The Morgan fingerprint density at radius 1 is 2.00 bits per heavy atom. The van der Waals surface area contributed by atoms with Gasteiger partial charge in [0.15, 0.2) is 0 Å². The summed E-state index contributed by atoms with van der Waals surface area (Å²) in [6.45, 7) is 2.02. The van der Waals surface area contributed by atoms with Crippen molar-refractivity contribution >= 4 is 25.3 Å². The minimum atomic E-state index is 0.162. The van der Waals surface area contributed by atoms with Crippen LogP contribution in [0.2, 0.25) is 0 Å². The second-order valence-electron chi connectivity index (χ2n) is 0.863. The van der Waals surface area contributed by atoms with Gasteiger partial charge in [-0.05, 0) is 6.42 Å². The summed E-state index contributed by atoms with van der Waals surface area (Å²) < 4.78 is 0.162. The van der Waals surface area contributed by atoms with Crippen LogP contribution in [0.5, 0.6) is 0 Å². The van der Waals surface area contributed by atoms with Gasteiger partial charge < -0.3 is 0 Å². The normalized spacial score (nSPS) is 9.60. The summed E-state index contributed by atoms with van der Waals surface area (Å²) in [7, 11) is 0. The van der Waals surface area contributed by atoms with Crippen molar-refractivity contribution in [2.75, 3.05) is 0 Å². The molecule has 31 valence electrons. The molecule has 0 aliphatic carbocycles. The maximum Gasteiger partial charge on any atom is 0.0573 e. The minimum absolute atomic E-state index is 0.162. The van der Waals surface area contributed by atoms with Gasteiger partial charge in [0.2, 0.25) is 0 Å². The van der Waals surface area contributed by atoms with Gasteiger partial charge in [-0.3, -0.25) is 0 Å². The fourth-order valence-corrected chi connectivity index (χ4v) is 0. The fourth-order valence-electron chi connectivity index (χ4n) is 0. The second-order valence-corrected chi connectivity index (χ2v) is 2.40. The maximum absolute atomic E-state index is 4.64. The van der Waals surface area contributed by atoms with Crippen molar-refractivity contribution in [2.45, 2.75) is 17.9 Å². The molecule has 0 spiro atoms. The first kappa shape index (κ1) is 5.70. The second kappa shape index (κ2) is 2.91. The summed E-state index contributed by atoms with van der Waals surface area (Å²) in [6.07, 6.45) is 0.985. The molecule has 0 nitrogen and oxygen atoms in total. The summed E-state index contributed by atoms with van der Waals surface area (Å²) in [5, 5.41) is 0. The molecule has 0 aromatic rings. The quantitative estimate of drug-likeness (QED) is 0.486. The zero-order valence-corrected chi connectivity index (χ0v) is 4.85. The summed E-state index contributed by atoms with van der Waals surface area (Å²) in [5.41, 5.74) is 0. The molecule has 5 heavy (non-hydrogen) atoms. The molecule has 0 aromatic carbocycles. The zero-order chi connectivity index (χ0) is 4.28. The van der Waals surface area contributed by atoms with Gasteiger partial charge >= 0.3 is 0 Å². The van der Waals surface area contributed by atoms with Crippen LogP contribution in [0.1, 0.15) is 13.3 Å². The largest absolute Gasteiger partial charge is 0.164 e. The molecule has 1 unspecified atom stereocenters. The van der Waals surface area contributed by atoms with Crippen molar-refractivity contribution in [2.24, 2.45) is 0 Å². The molecule has 0 saturated carbocycles. The van der Waals surface area contributed by atoms with E-state index in [1.54, 1.807) is 0 Å². The smallest absolute Gasteiger partial charge is 0.0573 e. The van der Waals surface area contributed by atoms with Crippen molar-refractivity contribution in [3.63, 3.8) is 0 Å². The number of hydrogen-bond donors (Lipinski definition) is 1. The summed E-state index contributed by atoms with van der Waals surface area (Å²) in [6, 6.07) is 0. The standard InChI is InChI=1S/C3H7S2/c1-2-3(4)5/h3-4H,2H2,1H3. The Labute approximate surface area is 43.8 Å². The van der Waals surface area contributed by atoms with Crippen LogP contribution in [0.4, 0.5) is 0 Å². The van der Waals surface area contributed by atoms with E-state index in [2.05, 4.69) is 25.3 Å². The molecule has 0 aliphatic rings. The van der Waals surface area contributed by atoms with Crippen LogP contribution in [-0.4, -0.2) is 4.58 Å². The number of thiol groups is 1. The highest BCUT2D eigenvalue weighted by Gasteiger charge is 1.83. The predicted octanol–water partition coefficient (Wildman–Crippen LogP) is 1.85. The van der Waals surface area contributed by atoms with Gasteiger partial charge in [-0.25, -0.2) is 0 Å². The molecular weight excluding hydrogens is 100 g/mol. The molecule has 0 heterocycles. The molecule has 2 heteroatoms. The monoisotopic (exact) mass is 107 g/mol. The average molecular weight is 107 g/mol. The van der Waals surface area contributed by atoms with E-state index in [1.165, 1.54) is 0 Å². The molecule has 1 atom stereocenters. The van der Waals surface area contributed by atoms with Crippen LogP contribution < -0.4 is 0 Å². The number of rotatable bonds is 1. The lowest BCUT2D eigenvalue weighted by atomic mass is 10.6. The van der Waals surface area contributed by atoms with Gasteiger partial charge in [-0.1, -0.05) is 19.6 Å². The average Bonchev–Trinajstić information content (AvgIpc) is 1.38. The first-order chi connectivity index (χ1) is 2.27. The third kappa shape index (κ3) is 4.70. The first-order valence-corrected chi connectivity index (χ1v) is 2.60. The summed E-state index contributed by atoms with van der Waals surface area (Å²) in [4.78, 5) is 0. The summed E-state index contributed by atoms with van der Waals surface area (Å²) in [5.74, 6) is 0. The Morgan fingerprint density at radius 3 is 2.20 bits per heavy atom. The van der Waals surface area contributed by atoms with E-state index in [9.17, 15) is 0 Å². The molecule has 1 radical (unpaired) electrons. The number of hydrogen-bond acceptors (Lipinski definition) is 1.